The van der Waals surface area contributed by atoms with Gasteiger partial charge in [-0.15, -0.1) is 0 Å². The number of rotatable bonds is 1. The first-order valence-corrected chi connectivity index (χ1v) is 5.23. The molecule has 0 aromatic heterocycles. The van der Waals surface area contributed by atoms with Crippen LogP contribution in [0.5, 0.6) is 0 Å². The van der Waals surface area contributed by atoms with Crippen LogP contribution in [0.25, 0.3) is 0 Å². The third kappa shape index (κ3) is 1.81. The van der Waals surface area contributed by atoms with Gasteiger partial charge in [0, 0.05) is 5.92 Å². The molecule has 0 amide bonds. The molecule has 0 saturated carbocycles. The van der Waals surface area contributed by atoms with Crippen LogP contribution in [-0.4, -0.2) is 28.4 Å². The minimum atomic E-state index is -1.44. The number of carbonyl (C=O) groups is 1. The van der Waals surface area contributed by atoms with E-state index in [1.807, 2.05) is 30.3 Å². The molecule has 0 spiro atoms. The van der Waals surface area contributed by atoms with Crippen LogP contribution in [-0.2, 0) is 9.53 Å². The Labute approximate surface area is 93.5 Å². The molecule has 0 aliphatic carbocycles. The Morgan fingerprint density at radius 2 is 1.81 bits per heavy atom. The van der Waals surface area contributed by atoms with Gasteiger partial charge in [0.15, 0.2) is 6.10 Å². The van der Waals surface area contributed by atoms with Crippen LogP contribution in [0.2, 0.25) is 0 Å². The third-order valence-corrected chi connectivity index (χ3v) is 2.95. The number of aliphatic hydroxyl groups excluding tert-OH is 2. The van der Waals surface area contributed by atoms with E-state index in [0.717, 1.165) is 5.56 Å². The Kier molecular flexibility index (Phi) is 2.94. The lowest BCUT2D eigenvalue weighted by atomic mass is 9.87. The van der Waals surface area contributed by atoms with Crippen molar-refractivity contribution in [2.24, 2.45) is 5.92 Å². The van der Waals surface area contributed by atoms with E-state index in [9.17, 15) is 15.0 Å². The summed E-state index contributed by atoms with van der Waals surface area (Å²) < 4.78 is 5.12. The highest BCUT2D eigenvalue weighted by Crippen LogP contribution is 2.33. The van der Waals surface area contributed by atoms with Gasteiger partial charge in [-0.1, -0.05) is 37.3 Å². The van der Waals surface area contributed by atoms with Gasteiger partial charge >= 0.3 is 5.97 Å². The van der Waals surface area contributed by atoms with Gasteiger partial charge < -0.3 is 14.9 Å². The van der Waals surface area contributed by atoms with E-state index in [-0.39, 0.29) is 5.92 Å². The molecule has 1 heterocycles. The summed E-state index contributed by atoms with van der Waals surface area (Å²) in [5.74, 6) is -1.09. The molecule has 1 fully saturated rings. The number of hydrogen-bond acceptors (Lipinski definition) is 4. The zero-order chi connectivity index (χ0) is 11.7. The standard InChI is InChI=1S/C12H14O4/c1-7-9(13)10(14)12(15)16-11(7)8-5-3-2-4-6-8/h2-7,9-11,13-14H,1H3/t7-,9+,10+,11-/m1/s1. The van der Waals surface area contributed by atoms with Crippen molar-refractivity contribution < 1.29 is 19.7 Å². The lowest BCUT2D eigenvalue weighted by Crippen LogP contribution is -2.47. The van der Waals surface area contributed by atoms with Gasteiger partial charge in [0.25, 0.3) is 0 Å². The summed E-state index contributed by atoms with van der Waals surface area (Å²) in [6.45, 7) is 1.75. The van der Waals surface area contributed by atoms with Crippen molar-refractivity contribution in [3.63, 3.8) is 0 Å². The Morgan fingerprint density at radius 3 is 2.44 bits per heavy atom. The van der Waals surface area contributed by atoms with Gasteiger partial charge in [0.05, 0.1) is 6.10 Å². The summed E-state index contributed by atoms with van der Waals surface area (Å²) in [6.07, 6.45) is -3.01. The number of benzene rings is 1. The molecule has 4 nitrogen and oxygen atoms in total. The number of esters is 1. The van der Waals surface area contributed by atoms with Crippen LogP contribution in [0.4, 0.5) is 0 Å². The first-order valence-electron chi connectivity index (χ1n) is 5.23. The molecule has 1 aromatic carbocycles. The predicted molar refractivity (Wildman–Crippen MR) is 56.5 cm³/mol. The molecule has 4 heteroatoms. The molecule has 1 saturated heterocycles. The molecule has 0 radical (unpaired) electrons. The van der Waals surface area contributed by atoms with Gasteiger partial charge in [-0.05, 0) is 5.56 Å². The van der Waals surface area contributed by atoms with Crippen LogP contribution >= 0.6 is 0 Å². The molecule has 4 atom stereocenters. The zero-order valence-corrected chi connectivity index (χ0v) is 8.91. The number of cyclic esters (lactones) is 1. The molecule has 1 aliphatic heterocycles. The number of carbonyl (C=O) groups excluding carboxylic acids is 1. The average Bonchev–Trinajstić information content (AvgIpc) is 2.32. The van der Waals surface area contributed by atoms with Crippen molar-refractivity contribution in [3.05, 3.63) is 35.9 Å². The van der Waals surface area contributed by atoms with Gasteiger partial charge in [-0.2, -0.15) is 0 Å². The van der Waals surface area contributed by atoms with Gasteiger partial charge in [-0.3, -0.25) is 0 Å². The fraction of sp³-hybridized carbons (Fsp3) is 0.417. The highest BCUT2D eigenvalue weighted by molar-refractivity contribution is 5.76. The zero-order valence-electron chi connectivity index (χ0n) is 8.91. The molecule has 86 valence electrons. The van der Waals surface area contributed by atoms with Crippen molar-refractivity contribution in [2.75, 3.05) is 0 Å². The smallest absolute Gasteiger partial charge is 0.338 e. The van der Waals surface area contributed by atoms with E-state index in [0.29, 0.717) is 0 Å². The quantitative estimate of drug-likeness (QED) is 0.684. The molecule has 0 unspecified atom stereocenters. The third-order valence-electron chi connectivity index (χ3n) is 2.95. The monoisotopic (exact) mass is 222 g/mol. The van der Waals surface area contributed by atoms with E-state index >= 15 is 0 Å². The molecule has 2 N–H and O–H groups in total. The van der Waals surface area contributed by atoms with E-state index in [1.54, 1.807) is 6.92 Å². The van der Waals surface area contributed by atoms with Crippen molar-refractivity contribution in [1.82, 2.24) is 0 Å². The molecule has 16 heavy (non-hydrogen) atoms. The Hall–Kier alpha value is -1.39. The van der Waals surface area contributed by atoms with Crippen LogP contribution in [0.1, 0.15) is 18.6 Å². The SMILES string of the molecule is C[C@@H]1[C@H](O)[C@H](O)C(=O)O[C@H]1c1ccccc1. The Morgan fingerprint density at radius 1 is 1.19 bits per heavy atom. The lowest BCUT2D eigenvalue weighted by Gasteiger charge is -2.35. The average molecular weight is 222 g/mol. The fourth-order valence-electron chi connectivity index (χ4n) is 1.92. The van der Waals surface area contributed by atoms with E-state index in [4.69, 9.17) is 4.74 Å². The number of aliphatic hydroxyl groups is 2. The number of hydrogen-bond donors (Lipinski definition) is 2. The van der Waals surface area contributed by atoms with E-state index < -0.39 is 24.3 Å². The maximum atomic E-state index is 11.3. The maximum Gasteiger partial charge on any atom is 0.338 e. The lowest BCUT2D eigenvalue weighted by molar-refractivity contribution is -0.190. The van der Waals surface area contributed by atoms with Gasteiger partial charge in [-0.25, -0.2) is 4.79 Å². The van der Waals surface area contributed by atoms with E-state index in [2.05, 4.69) is 0 Å². The molecular formula is C12H14O4. The molecular weight excluding hydrogens is 208 g/mol. The summed E-state index contributed by atoms with van der Waals surface area (Å²) in [5.41, 5.74) is 0.828. The highest BCUT2D eigenvalue weighted by Gasteiger charge is 2.42. The van der Waals surface area contributed by atoms with Crippen molar-refractivity contribution in [2.45, 2.75) is 25.2 Å². The molecule has 1 aliphatic rings. The summed E-state index contributed by atoms with van der Waals surface area (Å²) in [5, 5.41) is 19.1. The van der Waals surface area contributed by atoms with Crippen molar-refractivity contribution in [1.29, 1.82) is 0 Å². The molecule has 0 bridgehead atoms. The fourth-order valence-corrected chi connectivity index (χ4v) is 1.92. The Bertz CT molecular complexity index is 376. The van der Waals surface area contributed by atoms with Gasteiger partial charge in [0.1, 0.15) is 6.10 Å². The summed E-state index contributed by atoms with van der Waals surface area (Å²) in [6, 6.07) is 9.21. The minimum absolute atomic E-state index is 0.324. The van der Waals surface area contributed by atoms with Crippen molar-refractivity contribution in [3.8, 4) is 0 Å². The molecule has 1 aromatic rings. The second kappa shape index (κ2) is 4.23. The summed E-state index contributed by atoms with van der Waals surface area (Å²) in [7, 11) is 0. The van der Waals surface area contributed by atoms with Crippen LogP contribution < -0.4 is 0 Å². The van der Waals surface area contributed by atoms with E-state index in [1.165, 1.54) is 0 Å². The maximum absolute atomic E-state index is 11.3. The summed E-state index contributed by atoms with van der Waals surface area (Å²) in [4.78, 5) is 11.3. The normalized spacial score (nSPS) is 34.6. The highest BCUT2D eigenvalue weighted by atomic mass is 16.6. The van der Waals surface area contributed by atoms with Gasteiger partial charge in [0.2, 0.25) is 0 Å². The first kappa shape index (κ1) is 11.1. The number of ether oxygens (including phenoxy) is 1. The Balaban J connectivity index is 2.26. The van der Waals surface area contributed by atoms with Crippen molar-refractivity contribution >= 4 is 5.97 Å². The summed E-state index contributed by atoms with van der Waals surface area (Å²) >= 11 is 0. The minimum Gasteiger partial charge on any atom is -0.455 e. The largest absolute Gasteiger partial charge is 0.455 e. The molecule has 2 rings (SSSR count). The van der Waals surface area contributed by atoms with Crippen LogP contribution in [0, 0.1) is 5.92 Å². The van der Waals surface area contributed by atoms with Crippen LogP contribution in [0.3, 0.4) is 0 Å². The second-order valence-electron chi connectivity index (χ2n) is 4.06. The predicted octanol–water partition coefficient (Wildman–Crippen LogP) is 0.642. The van der Waals surface area contributed by atoms with Crippen LogP contribution in [0.15, 0.2) is 30.3 Å². The second-order valence-corrected chi connectivity index (χ2v) is 4.06. The first-order chi connectivity index (χ1) is 7.61. The topological polar surface area (TPSA) is 66.8 Å².